The summed E-state index contributed by atoms with van der Waals surface area (Å²) >= 11 is 0. The van der Waals surface area contributed by atoms with Crippen molar-refractivity contribution in [3.05, 3.63) is 24.2 Å². The predicted molar refractivity (Wildman–Crippen MR) is 69.2 cm³/mol. The highest BCUT2D eigenvalue weighted by atomic mass is 16.5. The summed E-state index contributed by atoms with van der Waals surface area (Å²) in [6, 6.07) is 2.52. The van der Waals surface area contributed by atoms with E-state index in [4.69, 9.17) is 9.15 Å². The second-order valence-corrected chi connectivity index (χ2v) is 4.16. The SMILES string of the molecule is CCOC(=O)C(C)NC(C)C(=O)NCc1ccco1. The molecule has 1 aromatic heterocycles. The van der Waals surface area contributed by atoms with E-state index in [2.05, 4.69) is 10.6 Å². The molecule has 0 saturated carbocycles. The van der Waals surface area contributed by atoms with Crippen LogP contribution in [0.2, 0.25) is 0 Å². The van der Waals surface area contributed by atoms with Crippen molar-refractivity contribution < 1.29 is 18.7 Å². The third-order valence-electron chi connectivity index (χ3n) is 2.55. The molecule has 1 heterocycles. The number of furan rings is 1. The van der Waals surface area contributed by atoms with E-state index in [-0.39, 0.29) is 11.9 Å². The Bertz CT molecular complexity index is 403. The molecule has 106 valence electrons. The molecule has 6 nitrogen and oxygen atoms in total. The Kier molecular flexibility index (Phi) is 6.08. The molecular weight excluding hydrogens is 248 g/mol. The summed E-state index contributed by atoms with van der Waals surface area (Å²) < 4.78 is 9.96. The van der Waals surface area contributed by atoms with Crippen LogP contribution in [0.5, 0.6) is 0 Å². The van der Waals surface area contributed by atoms with Gasteiger partial charge in [0.05, 0.1) is 25.5 Å². The summed E-state index contributed by atoms with van der Waals surface area (Å²) in [4.78, 5) is 23.2. The molecule has 0 bridgehead atoms. The summed E-state index contributed by atoms with van der Waals surface area (Å²) in [6.07, 6.45) is 1.55. The zero-order chi connectivity index (χ0) is 14.3. The van der Waals surface area contributed by atoms with Crippen molar-refractivity contribution in [2.45, 2.75) is 39.4 Å². The topological polar surface area (TPSA) is 80.6 Å². The van der Waals surface area contributed by atoms with Gasteiger partial charge in [-0.15, -0.1) is 0 Å². The Morgan fingerprint density at radius 1 is 1.37 bits per heavy atom. The van der Waals surface area contributed by atoms with Crippen LogP contribution in [-0.4, -0.2) is 30.6 Å². The predicted octanol–water partition coefficient (Wildman–Crippen LogP) is 0.826. The van der Waals surface area contributed by atoms with E-state index in [9.17, 15) is 9.59 Å². The Balaban J connectivity index is 2.33. The molecule has 0 aromatic carbocycles. The van der Waals surface area contributed by atoms with Crippen LogP contribution in [0.25, 0.3) is 0 Å². The molecule has 0 aliphatic rings. The lowest BCUT2D eigenvalue weighted by Gasteiger charge is -2.18. The summed E-state index contributed by atoms with van der Waals surface area (Å²) in [5, 5.41) is 5.59. The van der Waals surface area contributed by atoms with Gasteiger partial charge in [-0.05, 0) is 32.9 Å². The number of hydrogen-bond acceptors (Lipinski definition) is 5. The van der Waals surface area contributed by atoms with E-state index in [1.807, 2.05) is 0 Å². The van der Waals surface area contributed by atoms with Crippen molar-refractivity contribution in [3.63, 3.8) is 0 Å². The first-order chi connectivity index (χ1) is 9.04. The highest BCUT2D eigenvalue weighted by molar-refractivity contribution is 5.82. The van der Waals surface area contributed by atoms with E-state index in [1.165, 1.54) is 0 Å². The molecule has 0 radical (unpaired) electrons. The summed E-state index contributed by atoms with van der Waals surface area (Å²) in [5.41, 5.74) is 0. The Labute approximate surface area is 112 Å². The van der Waals surface area contributed by atoms with Gasteiger partial charge in [-0.25, -0.2) is 0 Å². The van der Waals surface area contributed by atoms with Gasteiger partial charge in [-0.3, -0.25) is 14.9 Å². The number of carbonyl (C=O) groups is 2. The number of amides is 1. The molecule has 2 N–H and O–H groups in total. The second-order valence-electron chi connectivity index (χ2n) is 4.16. The van der Waals surface area contributed by atoms with Gasteiger partial charge in [0.1, 0.15) is 11.8 Å². The minimum Gasteiger partial charge on any atom is -0.467 e. The maximum Gasteiger partial charge on any atom is 0.322 e. The van der Waals surface area contributed by atoms with Crippen LogP contribution in [0.3, 0.4) is 0 Å². The highest BCUT2D eigenvalue weighted by Gasteiger charge is 2.20. The van der Waals surface area contributed by atoms with Crippen molar-refractivity contribution in [2.24, 2.45) is 0 Å². The smallest absolute Gasteiger partial charge is 0.322 e. The average Bonchev–Trinajstić information content (AvgIpc) is 2.89. The zero-order valence-corrected chi connectivity index (χ0v) is 11.4. The van der Waals surface area contributed by atoms with Gasteiger partial charge >= 0.3 is 5.97 Å². The molecule has 0 aliphatic carbocycles. The van der Waals surface area contributed by atoms with Crippen molar-refractivity contribution in [1.82, 2.24) is 10.6 Å². The minimum absolute atomic E-state index is 0.201. The molecule has 0 fully saturated rings. The number of hydrogen-bond donors (Lipinski definition) is 2. The third kappa shape index (κ3) is 5.13. The largest absolute Gasteiger partial charge is 0.467 e. The summed E-state index contributed by atoms with van der Waals surface area (Å²) in [6.45, 7) is 5.74. The minimum atomic E-state index is -0.524. The lowest BCUT2D eigenvalue weighted by Crippen LogP contribution is -2.48. The molecule has 2 atom stereocenters. The molecule has 19 heavy (non-hydrogen) atoms. The van der Waals surface area contributed by atoms with Gasteiger partial charge in [0.2, 0.25) is 5.91 Å². The molecule has 2 unspecified atom stereocenters. The van der Waals surface area contributed by atoms with Gasteiger partial charge in [0, 0.05) is 0 Å². The lowest BCUT2D eigenvalue weighted by molar-refractivity contribution is -0.145. The van der Waals surface area contributed by atoms with Crippen molar-refractivity contribution in [2.75, 3.05) is 6.61 Å². The van der Waals surface area contributed by atoms with Crippen LogP contribution >= 0.6 is 0 Å². The molecule has 1 amide bonds. The van der Waals surface area contributed by atoms with E-state index >= 15 is 0 Å². The van der Waals surface area contributed by atoms with E-state index in [0.29, 0.717) is 18.9 Å². The van der Waals surface area contributed by atoms with E-state index < -0.39 is 12.1 Å². The third-order valence-corrected chi connectivity index (χ3v) is 2.55. The quantitative estimate of drug-likeness (QED) is 0.716. The van der Waals surface area contributed by atoms with Crippen LogP contribution < -0.4 is 10.6 Å². The average molecular weight is 268 g/mol. The van der Waals surface area contributed by atoms with E-state index in [0.717, 1.165) is 0 Å². The van der Waals surface area contributed by atoms with Gasteiger partial charge < -0.3 is 14.5 Å². The fraction of sp³-hybridized carbons (Fsp3) is 0.538. The molecule has 1 aromatic rings. The Hall–Kier alpha value is -1.82. The van der Waals surface area contributed by atoms with Gasteiger partial charge in [-0.1, -0.05) is 0 Å². The van der Waals surface area contributed by atoms with Crippen molar-refractivity contribution >= 4 is 11.9 Å². The Morgan fingerprint density at radius 2 is 2.11 bits per heavy atom. The fourth-order valence-electron chi connectivity index (χ4n) is 1.53. The van der Waals surface area contributed by atoms with E-state index in [1.54, 1.807) is 39.2 Å². The lowest BCUT2D eigenvalue weighted by atomic mass is 10.2. The fourth-order valence-corrected chi connectivity index (χ4v) is 1.53. The number of ether oxygens (including phenoxy) is 1. The standard InChI is InChI=1S/C13H20N2O4/c1-4-18-13(17)10(3)15-9(2)12(16)14-8-11-6-5-7-19-11/h5-7,9-10,15H,4,8H2,1-3H3,(H,14,16). The van der Waals surface area contributed by atoms with Crippen molar-refractivity contribution in [3.8, 4) is 0 Å². The second kappa shape index (κ2) is 7.58. The molecular formula is C13H20N2O4. The van der Waals surface area contributed by atoms with Gasteiger partial charge in [-0.2, -0.15) is 0 Å². The van der Waals surface area contributed by atoms with Crippen LogP contribution in [0.1, 0.15) is 26.5 Å². The normalized spacial score (nSPS) is 13.6. The molecule has 0 spiro atoms. The molecule has 1 rings (SSSR count). The van der Waals surface area contributed by atoms with Crippen LogP contribution in [0.15, 0.2) is 22.8 Å². The number of rotatable bonds is 7. The summed E-state index contributed by atoms with van der Waals surface area (Å²) in [5.74, 6) is 0.111. The summed E-state index contributed by atoms with van der Waals surface area (Å²) in [7, 11) is 0. The molecule has 0 aliphatic heterocycles. The number of nitrogens with one attached hydrogen (secondary N) is 2. The number of esters is 1. The first-order valence-corrected chi connectivity index (χ1v) is 6.27. The molecule has 6 heteroatoms. The maximum absolute atomic E-state index is 11.8. The zero-order valence-electron chi connectivity index (χ0n) is 11.4. The van der Waals surface area contributed by atoms with Crippen LogP contribution in [-0.2, 0) is 20.9 Å². The first-order valence-electron chi connectivity index (χ1n) is 6.27. The van der Waals surface area contributed by atoms with Gasteiger partial charge in [0.25, 0.3) is 0 Å². The van der Waals surface area contributed by atoms with Gasteiger partial charge in [0.15, 0.2) is 0 Å². The molecule has 0 saturated heterocycles. The van der Waals surface area contributed by atoms with Crippen molar-refractivity contribution in [1.29, 1.82) is 0 Å². The first kappa shape index (κ1) is 15.2. The highest BCUT2D eigenvalue weighted by Crippen LogP contribution is 1.99. The Morgan fingerprint density at radius 3 is 2.68 bits per heavy atom. The van der Waals surface area contributed by atoms with Crippen LogP contribution in [0.4, 0.5) is 0 Å². The van der Waals surface area contributed by atoms with Crippen LogP contribution in [0, 0.1) is 0 Å². The monoisotopic (exact) mass is 268 g/mol. The number of carbonyl (C=O) groups excluding carboxylic acids is 2. The maximum atomic E-state index is 11.8.